The van der Waals surface area contributed by atoms with Crippen LogP contribution in [0.25, 0.3) is 0 Å². The average molecular weight is 153 g/mol. The van der Waals surface area contributed by atoms with Crippen LogP contribution in [0.2, 0.25) is 0 Å². The molecule has 0 saturated heterocycles. The molecule has 0 aromatic rings. The third-order valence-corrected chi connectivity index (χ3v) is 1.99. The van der Waals surface area contributed by atoms with Gasteiger partial charge < -0.3 is 5.32 Å². The fourth-order valence-electron chi connectivity index (χ4n) is 0.924. The molecule has 0 aliphatic carbocycles. The van der Waals surface area contributed by atoms with Crippen LogP contribution in [-0.2, 0) is 0 Å². The molecule has 1 nitrogen and oxygen atoms in total. The Morgan fingerprint density at radius 2 is 1.91 bits per heavy atom. The predicted octanol–water partition coefficient (Wildman–Crippen LogP) is 2.71. The molecule has 2 unspecified atom stereocenters. The number of nitrogens with one attached hydrogen (secondary N) is 1. The van der Waals surface area contributed by atoms with E-state index in [-0.39, 0.29) is 0 Å². The van der Waals surface area contributed by atoms with Crippen LogP contribution >= 0.6 is 0 Å². The first kappa shape index (κ1) is 10.3. The normalized spacial score (nSPS) is 28.5. The van der Waals surface area contributed by atoms with Crippen molar-refractivity contribution in [3.05, 3.63) is 24.4 Å². The van der Waals surface area contributed by atoms with Gasteiger partial charge in [-0.1, -0.05) is 27.4 Å². The van der Waals surface area contributed by atoms with Gasteiger partial charge in [0.15, 0.2) is 0 Å². The Hall–Kier alpha value is -0.720. The summed E-state index contributed by atoms with van der Waals surface area (Å²) < 4.78 is 0. The minimum Gasteiger partial charge on any atom is -0.388 e. The van der Waals surface area contributed by atoms with Crippen LogP contribution < -0.4 is 5.32 Å². The smallest absolute Gasteiger partial charge is 0.0293 e. The van der Waals surface area contributed by atoms with E-state index in [4.69, 9.17) is 0 Å². The SMILES string of the molecule is C=C1C=CNC(C)C1C.CC. The van der Waals surface area contributed by atoms with Gasteiger partial charge in [0, 0.05) is 12.0 Å². The molecule has 0 aromatic carbocycles. The first-order valence-corrected chi connectivity index (χ1v) is 4.33. The molecule has 1 rings (SSSR count). The van der Waals surface area contributed by atoms with Crippen LogP contribution in [0.5, 0.6) is 0 Å². The van der Waals surface area contributed by atoms with Gasteiger partial charge in [-0.25, -0.2) is 0 Å². The Morgan fingerprint density at radius 3 is 2.27 bits per heavy atom. The summed E-state index contributed by atoms with van der Waals surface area (Å²) in [6.45, 7) is 12.3. The minimum absolute atomic E-state index is 0.544. The highest BCUT2D eigenvalue weighted by atomic mass is 14.9. The quantitative estimate of drug-likeness (QED) is 0.564. The Balaban J connectivity index is 0.000000461. The minimum atomic E-state index is 0.544. The van der Waals surface area contributed by atoms with Gasteiger partial charge in [-0.2, -0.15) is 0 Å². The lowest BCUT2D eigenvalue weighted by molar-refractivity contribution is 0.488. The second-order valence-corrected chi connectivity index (χ2v) is 2.65. The van der Waals surface area contributed by atoms with Crippen molar-refractivity contribution in [1.29, 1.82) is 0 Å². The third-order valence-electron chi connectivity index (χ3n) is 1.99. The van der Waals surface area contributed by atoms with E-state index in [1.54, 1.807) is 0 Å². The van der Waals surface area contributed by atoms with Crippen LogP contribution in [0.15, 0.2) is 24.4 Å². The van der Waals surface area contributed by atoms with Crippen LogP contribution in [0.4, 0.5) is 0 Å². The summed E-state index contributed by atoms with van der Waals surface area (Å²) in [7, 11) is 0. The van der Waals surface area contributed by atoms with Crippen LogP contribution in [0, 0.1) is 5.92 Å². The Labute approximate surface area is 70.2 Å². The fraction of sp³-hybridized carbons (Fsp3) is 0.600. The molecule has 64 valence electrons. The van der Waals surface area contributed by atoms with Crippen molar-refractivity contribution in [2.75, 3.05) is 0 Å². The van der Waals surface area contributed by atoms with Gasteiger partial charge in [-0.05, 0) is 24.8 Å². The Bertz CT molecular complexity index is 147. The molecule has 0 fully saturated rings. The molecular weight excluding hydrogens is 134 g/mol. The molecule has 1 heteroatoms. The van der Waals surface area contributed by atoms with E-state index in [0.717, 1.165) is 0 Å². The Morgan fingerprint density at radius 1 is 1.36 bits per heavy atom. The third kappa shape index (κ3) is 2.79. The van der Waals surface area contributed by atoms with Gasteiger partial charge >= 0.3 is 0 Å². The molecule has 1 N–H and O–H groups in total. The van der Waals surface area contributed by atoms with E-state index in [1.807, 2.05) is 26.1 Å². The van der Waals surface area contributed by atoms with E-state index >= 15 is 0 Å². The maximum atomic E-state index is 3.92. The molecule has 0 saturated carbocycles. The lowest BCUT2D eigenvalue weighted by Crippen LogP contribution is -2.31. The van der Waals surface area contributed by atoms with Gasteiger partial charge in [0.1, 0.15) is 0 Å². The standard InChI is InChI=1S/C8H13N.C2H6/c1-6-4-5-9-8(3)7(6)2;1-2/h4-5,7-9H,1H2,2-3H3;1-2H3. The topological polar surface area (TPSA) is 12.0 Å². The summed E-state index contributed by atoms with van der Waals surface area (Å²) in [5.41, 5.74) is 1.22. The van der Waals surface area contributed by atoms with Crippen LogP contribution in [-0.4, -0.2) is 6.04 Å². The first-order valence-electron chi connectivity index (χ1n) is 4.33. The molecule has 1 aliphatic heterocycles. The van der Waals surface area contributed by atoms with Crippen LogP contribution in [0.1, 0.15) is 27.7 Å². The number of hydrogen-bond donors (Lipinski definition) is 1. The zero-order chi connectivity index (χ0) is 8.85. The molecule has 1 aliphatic rings. The predicted molar refractivity (Wildman–Crippen MR) is 51.4 cm³/mol. The summed E-state index contributed by atoms with van der Waals surface area (Å²) in [6.07, 6.45) is 4.00. The van der Waals surface area contributed by atoms with E-state index in [2.05, 4.69) is 25.7 Å². The van der Waals surface area contributed by atoms with Crippen molar-refractivity contribution in [3.63, 3.8) is 0 Å². The molecule has 2 atom stereocenters. The van der Waals surface area contributed by atoms with Gasteiger partial charge in [0.25, 0.3) is 0 Å². The van der Waals surface area contributed by atoms with Crippen LogP contribution in [0.3, 0.4) is 0 Å². The van der Waals surface area contributed by atoms with Gasteiger partial charge in [0.05, 0.1) is 0 Å². The summed E-state index contributed by atoms with van der Waals surface area (Å²) >= 11 is 0. The zero-order valence-corrected chi connectivity index (χ0v) is 8.02. The van der Waals surface area contributed by atoms with Gasteiger partial charge in [0.2, 0.25) is 0 Å². The molecule has 0 radical (unpaired) electrons. The van der Waals surface area contributed by atoms with Crippen molar-refractivity contribution in [3.8, 4) is 0 Å². The summed E-state index contributed by atoms with van der Waals surface area (Å²) in [5, 5.41) is 3.22. The van der Waals surface area contributed by atoms with E-state index < -0.39 is 0 Å². The molecule has 1 heterocycles. The highest BCUT2D eigenvalue weighted by Crippen LogP contribution is 2.16. The van der Waals surface area contributed by atoms with Crippen molar-refractivity contribution in [2.24, 2.45) is 5.92 Å². The molecule has 11 heavy (non-hydrogen) atoms. The number of rotatable bonds is 0. The fourth-order valence-corrected chi connectivity index (χ4v) is 0.924. The maximum absolute atomic E-state index is 3.92. The number of allylic oxidation sites excluding steroid dienone is 1. The van der Waals surface area contributed by atoms with E-state index in [0.29, 0.717) is 12.0 Å². The molecule has 0 spiro atoms. The average Bonchev–Trinajstić information content (AvgIpc) is 2.04. The zero-order valence-electron chi connectivity index (χ0n) is 8.02. The number of hydrogen-bond acceptors (Lipinski definition) is 1. The highest BCUT2D eigenvalue weighted by molar-refractivity contribution is 5.21. The Kier molecular flexibility index (Phi) is 4.67. The molecule has 0 aromatic heterocycles. The summed E-state index contributed by atoms with van der Waals surface area (Å²) in [4.78, 5) is 0. The van der Waals surface area contributed by atoms with E-state index in [9.17, 15) is 0 Å². The molecular formula is C10H19N. The first-order chi connectivity index (χ1) is 5.22. The largest absolute Gasteiger partial charge is 0.388 e. The van der Waals surface area contributed by atoms with Gasteiger partial charge in [-0.3, -0.25) is 0 Å². The lowest BCUT2D eigenvalue weighted by atomic mass is 9.93. The van der Waals surface area contributed by atoms with Crippen molar-refractivity contribution in [2.45, 2.75) is 33.7 Å². The van der Waals surface area contributed by atoms with E-state index in [1.165, 1.54) is 5.57 Å². The molecule has 0 amide bonds. The van der Waals surface area contributed by atoms with Crippen molar-refractivity contribution in [1.82, 2.24) is 5.32 Å². The lowest BCUT2D eigenvalue weighted by Gasteiger charge is -2.24. The second-order valence-electron chi connectivity index (χ2n) is 2.65. The second kappa shape index (κ2) is 5.00. The van der Waals surface area contributed by atoms with Crippen molar-refractivity contribution < 1.29 is 0 Å². The van der Waals surface area contributed by atoms with Crippen molar-refractivity contribution >= 4 is 0 Å². The molecule has 0 bridgehead atoms. The summed E-state index contributed by atoms with van der Waals surface area (Å²) in [6, 6.07) is 0.544. The van der Waals surface area contributed by atoms with Gasteiger partial charge in [-0.15, -0.1) is 0 Å². The highest BCUT2D eigenvalue weighted by Gasteiger charge is 2.14. The summed E-state index contributed by atoms with van der Waals surface area (Å²) in [5.74, 6) is 0.579. The maximum Gasteiger partial charge on any atom is 0.0293 e. The monoisotopic (exact) mass is 153 g/mol.